The van der Waals surface area contributed by atoms with Crippen LogP contribution in [0.25, 0.3) is 11.3 Å². The number of alkyl halides is 3. The molecule has 0 aliphatic heterocycles. The van der Waals surface area contributed by atoms with Crippen LogP contribution in [0.3, 0.4) is 0 Å². The van der Waals surface area contributed by atoms with Gasteiger partial charge in [0, 0.05) is 35.9 Å². The smallest absolute Gasteiger partial charge is 0.398 e. The predicted octanol–water partition coefficient (Wildman–Crippen LogP) is 6.85. The van der Waals surface area contributed by atoms with Crippen molar-refractivity contribution in [3.05, 3.63) is 91.3 Å². The minimum atomic E-state index is -4.63. The van der Waals surface area contributed by atoms with Gasteiger partial charge in [-0.1, -0.05) is 23.7 Å². The highest BCUT2D eigenvalue weighted by atomic mass is 35.5. The van der Waals surface area contributed by atoms with Crippen molar-refractivity contribution in [1.82, 2.24) is 19.7 Å². The van der Waals surface area contributed by atoms with E-state index in [0.29, 0.717) is 12.0 Å². The monoisotopic (exact) mass is 674 g/mol. The van der Waals surface area contributed by atoms with Crippen molar-refractivity contribution in [2.45, 2.75) is 57.2 Å². The van der Waals surface area contributed by atoms with Gasteiger partial charge >= 0.3 is 12.1 Å². The summed E-state index contributed by atoms with van der Waals surface area (Å²) in [5.74, 6) is -3.99. The summed E-state index contributed by atoms with van der Waals surface area (Å²) in [5.41, 5.74) is -1.76. The Balaban J connectivity index is 1.44. The number of benzene rings is 2. The third-order valence-corrected chi connectivity index (χ3v) is 9.90. The third-order valence-electron chi connectivity index (χ3n) is 8.76. The number of carbonyl (C=O) groups is 3. The average Bonchev–Trinajstić information content (AvgIpc) is 3.62. The van der Waals surface area contributed by atoms with Gasteiger partial charge in [-0.25, -0.2) is 14.2 Å². The van der Waals surface area contributed by atoms with Crippen molar-refractivity contribution in [2.75, 3.05) is 7.05 Å². The standard InChI is InChI=1S/C32H27ClF4N4O4S/c1-16-38-19(15-46-16)14-40(2)28(42)17-6-9-21-25(13-17)41(39-27(21)20-8-7-18(30(44)45)12-24(20)34)29(43)26-22(4-3-5-23(26)33)31(10-11-31)32(35,36)37/h3-5,7-8,12,15,17H,6,9-11,13-14H2,1-2H3,(H,44,45). The van der Waals surface area contributed by atoms with Gasteiger partial charge in [-0.05, 0) is 62.4 Å². The van der Waals surface area contributed by atoms with Crippen LogP contribution in [-0.4, -0.2) is 55.8 Å². The van der Waals surface area contributed by atoms with E-state index in [9.17, 15) is 32.7 Å². The highest BCUT2D eigenvalue weighted by Crippen LogP contribution is 2.60. The van der Waals surface area contributed by atoms with E-state index in [-0.39, 0.29) is 76.8 Å². The zero-order valence-corrected chi connectivity index (χ0v) is 26.2. The first-order chi connectivity index (χ1) is 21.7. The molecule has 2 heterocycles. The summed E-state index contributed by atoms with van der Waals surface area (Å²) in [6.07, 6.45) is -4.49. The number of nitrogens with zero attached hydrogens (tertiary/aromatic N) is 4. The maximum Gasteiger partial charge on any atom is 0.398 e. The average molecular weight is 675 g/mol. The first kappa shape index (κ1) is 31.9. The number of halogens is 5. The maximum atomic E-state index is 15.3. The molecule has 1 fully saturated rings. The molecule has 0 spiro atoms. The Morgan fingerprint density at radius 2 is 1.93 bits per heavy atom. The zero-order chi connectivity index (χ0) is 33.1. The maximum absolute atomic E-state index is 15.3. The molecule has 0 bridgehead atoms. The van der Waals surface area contributed by atoms with Crippen molar-refractivity contribution in [2.24, 2.45) is 5.92 Å². The molecule has 4 aromatic rings. The Bertz CT molecular complexity index is 1900. The molecule has 1 atom stereocenters. The normalized spacial score (nSPS) is 17.0. The van der Waals surface area contributed by atoms with Gasteiger partial charge in [-0.2, -0.15) is 23.0 Å². The minimum absolute atomic E-state index is 0.00632. The fraction of sp³-hybridized carbons (Fsp3) is 0.344. The quantitative estimate of drug-likeness (QED) is 0.215. The summed E-state index contributed by atoms with van der Waals surface area (Å²) in [4.78, 5) is 45.2. The lowest BCUT2D eigenvalue weighted by Gasteiger charge is -2.27. The van der Waals surface area contributed by atoms with Crippen LogP contribution >= 0.6 is 22.9 Å². The molecular formula is C32H27ClF4N4O4S. The van der Waals surface area contributed by atoms with Crippen LogP contribution in [0.4, 0.5) is 17.6 Å². The van der Waals surface area contributed by atoms with E-state index in [4.69, 9.17) is 11.6 Å². The second kappa shape index (κ2) is 11.6. The Morgan fingerprint density at radius 1 is 1.20 bits per heavy atom. The molecule has 46 heavy (non-hydrogen) atoms. The van der Waals surface area contributed by atoms with Gasteiger partial charge in [0.25, 0.3) is 5.91 Å². The van der Waals surface area contributed by atoms with Crippen molar-refractivity contribution in [3.63, 3.8) is 0 Å². The highest BCUT2D eigenvalue weighted by Gasteiger charge is 2.65. The van der Waals surface area contributed by atoms with Gasteiger partial charge in [0.05, 0.1) is 50.2 Å². The number of rotatable bonds is 7. The summed E-state index contributed by atoms with van der Waals surface area (Å²) in [5, 5.41) is 16.3. The van der Waals surface area contributed by atoms with Crippen molar-refractivity contribution >= 4 is 40.7 Å². The lowest BCUT2D eigenvalue weighted by Crippen LogP contribution is -2.36. The number of carboxylic acids is 1. The number of carboxylic acid groups (broad SMARTS) is 1. The van der Waals surface area contributed by atoms with Crippen molar-refractivity contribution < 1.29 is 37.1 Å². The number of amides is 1. The van der Waals surface area contributed by atoms with E-state index >= 15 is 4.39 Å². The molecule has 1 amide bonds. The van der Waals surface area contributed by atoms with Gasteiger partial charge in [-0.15, -0.1) is 11.3 Å². The number of hydrogen-bond donors (Lipinski definition) is 1. The first-order valence-electron chi connectivity index (χ1n) is 14.4. The molecule has 1 N–H and O–H groups in total. The van der Waals surface area contributed by atoms with Gasteiger partial charge in [0.15, 0.2) is 0 Å². The number of fused-ring (bicyclic) bond motifs is 1. The predicted molar refractivity (Wildman–Crippen MR) is 162 cm³/mol. The fourth-order valence-corrected chi connectivity index (χ4v) is 7.10. The van der Waals surface area contributed by atoms with Crippen LogP contribution in [0.2, 0.25) is 5.02 Å². The highest BCUT2D eigenvalue weighted by molar-refractivity contribution is 7.09. The van der Waals surface area contributed by atoms with Crippen LogP contribution < -0.4 is 0 Å². The molecule has 1 saturated carbocycles. The van der Waals surface area contributed by atoms with E-state index in [0.717, 1.165) is 21.4 Å². The van der Waals surface area contributed by atoms with E-state index in [2.05, 4.69) is 10.1 Å². The summed E-state index contributed by atoms with van der Waals surface area (Å²) in [6.45, 7) is 2.12. The lowest BCUT2D eigenvalue weighted by molar-refractivity contribution is -0.160. The summed E-state index contributed by atoms with van der Waals surface area (Å²) >= 11 is 7.88. The minimum Gasteiger partial charge on any atom is -0.478 e. The number of aryl methyl sites for hydroxylation is 1. The van der Waals surface area contributed by atoms with Crippen molar-refractivity contribution in [3.8, 4) is 11.3 Å². The molecule has 2 aliphatic rings. The number of carbonyl (C=O) groups excluding carboxylic acids is 2. The SMILES string of the molecule is Cc1nc(CN(C)C(=O)C2CCc3c(-c4ccc(C(=O)O)cc4F)nn(C(=O)c4c(Cl)cccc4C4(C(F)(F)F)CC4)c3C2)cs1. The van der Waals surface area contributed by atoms with E-state index < -0.39 is 35.2 Å². The van der Waals surface area contributed by atoms with Crippen LogP contribution in [0.1, 0.15) is 67.5 Å². The van der Waals surface area contributed by atoms with Crippen molar-refractivity contribution in [1.29, 1.82) is 0 Å². The molecule has 1 unspecified atom stereocenters. The fourth-order valence-electron chi connectivity index (χ4n) is 6.24. The molecule has 0 radical (unpaired) electrons. The molecule has 240 valence electrons. The van der Waals surface area contributed by atoms with E-state index in [1.54, 1.807) is 7.05 Å². The van der Waals surface area contributed by atoms with Gasteiger partial charge < -0.3 is 10.0 Å². The summed E-state index contributed by atoms with van der Waals surface area (Å²) < 4.78 is 59.1. The zero-order valence-electron chi connectivity index (χ0n) is 24.6. The molecular weight excluding hydrogens is 648 g/mol. The van der Waals surface area contributed by atoms with Crippen LogP contribution in [0.15, 0.2) is 41.8 Å². The largest absolute Gasteiger partial charge is 0.478 e. The molecule has 8 nitrogen and oxygen atoms in total. The Morgan fingerprint density at radius 3 is 2.54 bits per heavy atom. The van der Waals surface area contributed by atoms with Gasteiger partial charge in [0.2, 0.25) is 5.91 Å². The number of aromatic nitrogens is 3. The third kappa shape index (κ3) is 5.49. The van der Waals surface area contributed by atoms with Crippen LogP contribution in [0, 0.1) is 18.7 Å². The van der Waals surface area contributed by atoms with Gasteiger partial charge in [-0.3, -0.25) is 9.59 Å². The van der Waals surface area contributed by atoms with E-state index in [1.807, 2.05) is 12.3 Å². The summed E-state index contributed by atoms with van der Waals surface area (Å²) in [6, 6.07) is 7.20. The molecule has 0 saturated heterocycles. The Labute approximate surface area is 269 Å². The lowest BCUT2D eigenvalue weighted by atomic mass is 9.84. The number of hydrogen-bond acceptors (Lipinski definition) is 6. The molecule has 2 aromatic heterocycles. The summed E-state index contributed by atoms with van der Waals surface area (Å²) in [7, 11) is 1.64. The molecule has 2 aromatic carbocycles. The van der Waals surface area contributed by atoms with Gasteiger partial charge in [0.1, 0.15) is 5.82 Å². The molecule has 6 rings (SSSR count). The Hall–Kier alpha value is -4.10. The second-order valence-electron chi connectivity index (χ2n) is 11.7. The molecule has 14 heteroatoms. The number of thiazole rings is 1. The molecule has 2 aliphatic carbocycles. The topological polar surface area (TPSA) is 105 Å². The second-order valence-corrected chi connectivity index (χ2v) is 13.2. The van der Waals surface area contributed by atoms with Crippen LogP contribution in [0.5, 0.6) is 0 Å². The number of aromatic carboxylic acids is 1. The van der Waals surface area contributed by atoms with E-state index in [1.165, 1.54) is 46.6 Å². The first-order valence-corrected chi connectivity index (χ1v) is 15.7. The Kier molecular flexibility index (Phi) is 8.04. The van der Waals surface area contributed by atoms with Crippen LogP contribution in [-0.2, 0) is 29.6 Å².